The van der Waals surface area contributed by atoms with Crippen molar-refractivity contribution in [1.29, 1.82) is 0 Å². The van der Waals surface area contributed by atoms with Crippen LogP contribution >= 0.6 is 0 Å². The normalized spacial score (nSPS) is 32.2. The fraction of sp³-hybridized carbons (Fsp3) is 1.00. The second kappa shape index (κ2) is 6.91. The van der Waals surface area contributed by atoms with Crippen LogP contribution < -0.4 is 5.32 Å². The fourth-order valence-corrected chi connectivity index (χ4v) is 3.58. The number of hydrogen-bond acceptors (Lipinski definition) is 2. The highest BCUT2D eigenvalue weighted by atomic mass is 16.5. The average molecular weight is 253 g/mol. The minimum atomic E-state index is 0.480. The Kier molecular flexibility index (Phi) is 5.50. The van der Waals surface area contributed by atoms with Gasteiger partial charge in [-0.3, -0.25) is 0 Å². The predicted octanol–water partition coefficient (Wildman–Crippen LogP) is 3.61. The Bertz CT molecular complexity index is 231. The first-order valence-corrected chi connectivity index (χ1v) is 8.11. The van der Waals surface area contributed by atoms with Crippen LogP contribution in [0.2, 0.25) is 0 Å². The van der Waals surface area contributed by atoms with Gasteiger partial charge in [-0.15, -0.1) is 0 Å². The molecule has 2 aliphatic carbocycles. The van der Waals surface area contributed by atoms with Gasteiger partial charge in [0.1, 0.15) is 0 Å². The van der Waals surface area contributed by atoms with Crippen molar-refractivity contribution in [2.45, 2.75) is 71.4 Å². The second-order valence-corrected chi connectivity index (χ2v) is 6.36. The zero-order valence-corrected chi connectivity index (χ0v) is 12.5. The van der Waals surface area contributed by atoms with Crippen LogP contribution in [0, 0.1) is 17.8 Å². The highest BCUT2D eigenvalue weighted by Crippen LogP contribution is 2.40. The third-order valence-electron chi connectivity index (χ3n) is 4.81. The van der Waals surface area contributed by atoms with Crippen LogP contribution in [0.5, 0.6) is 0 Å². The van der Waals surface area contributed by atoms with Gasteiger partial charge in [0.2, 0.25) is 0 Å². The Hall–Kier alpha value is -0.0800. The van der Waals surface area contributed by atoms with Gasteiger partial charge in [-0.05, 0) is 56.9 Å². The van der Waals surface area contributed by atoms with Gasteiger partial charge >= 0.3 is 0 Å². The summed E-state index contributed by atoms with van der Waals surface area (Å²) in [6.45, 7) is 8.72. The summed E-state index contributed by atoms with van der Waals surface area (Å²) in [7, 11) is 0. The summed E-state index contributed by atoms with van der Waals surface area (Å²) in [4.78, 5) is 0. The molecule has 0 aromatic carbocycles. The molecule has 0 heterocycles. The van der Waals surface area contributed by atoms with Gasteiger partial charge in [-0.25, -0.2) is 0 Å². The SMILES string of the molecule is CCNC(C1CCC(C)CC1)C(OCC)C1CC1. The van der Waals surface area contributed by atoms with Crippen molar-refractivity contribution in [3.63, 3.8) is 0 Å². The van der Waals surface area contributed by atoms with Crippen molar-refractivity contribution in [3.05, 3.63) is 0 Å². The van der Waals surface area contributed by atoms with Crippen LogP contribution in [-0.2, 0) is 4.74 Å². The van der Waals surface area contributed by atoms with Gasteiger partial charge in [-0.1, -0.05) is 26.7 Å². The van der Waals surface area contributed by atoms with E-state index in [-0.39, 0.29) is 0 Å². The van der Waals surface area contributed by atoms with Gasteiger partial charge < -0.3 is 10.1 Å². The number of rotatable bonds is 7. The van der Waals surface area contributed by atoms with E-state index in [0.717, 1.165) is 30.9 Å². The summed E-state index contributed by atoms with van der Waals surface area (Å²) in [6, 6.07) is 0.606. The monoisotopic (exact) mass is 253 g/mol. The van der Waals surface area contributed by atoms with Gasteiger partial charge in [0.05, 0.1) is 6.10 Å². The van der Waals surface area contributed by atoms with Gasteiger partial charge in [-0.2, -0.15) is 0 Å². The van der Waals surface area contributed by atoms with Crippen LogP contribution in [0.25, 0.3) is 0 Å². The predicted molar refractivity (Wildman–Crippen MR) is 76.7 cm³/mol. The van der Waals surface area contributed by atoms with Crippen molar-refractivity contribution < 1.29 is 4.74 Å². The molecule has 106 valence electrons. The summed E-state index contributed by atoms with van der Waals surface area (Å²) in [6.07, 6.45) is 8.87. The number of likely N-dealkylation sites (N-methyl/N-ethyl adjacent to an activating group) is 1. The van der Waals surface area contributed by atoms with Crippen molar-refractivity contribution in [3.8, 4) is 0 Å². The average Bonchev–Trinajstić information content (AvgIpc) is 3.19. The van der Waals surface area contributed by atoms with E-state index in [9.17, 15) is 0 Å². The molecule has 2 fully saturated rings. The Morgan fingerprint density at radius 2 is 1.61 bits per heavy atom. The lowest BCUT2D eigenvalue weighted by Gasteiger charge is -2.38. The maximum absolute atomic E-state index is 6.10. The standard InChI is InChI=1S/C16H31NO/c1-4-17-15(13-8-6-12(3)7-9-13)16(18-5-2)14-10-11-14/h12-17H,4-11H2,1-3H3. The van der Waals surface area contributed by atoms with Gasteiger partial charge in [0.15, 0.2) is 0 Å². The summed E-state index contributed by atoms with van der Waals surface area (Å²) >= 11 is 0. The second-order valence-electron chi connectivity index (χ2n) is 6.36. The summed E-state index contributed by atoms with van der Waals surface area (Å²) in [5, 5.41) is 3.75. The topological polar surface area (TPSA) is 21.3 Å². The zero-order valence-electron chi connectivity index (χ0n) is 12.5. The number of hydrogen-bond donors (Lipinski definition) is 1. The fourth-order valence-electron chi connectivity index (χ4n) is 3.58. The molecule has 2 unspecified atom stereocenters. The molecule has 2 saturated carbocycles. The molecule has 0 bridgehead atoms. The smallest absolute Gasteiger partial charge is 0.0758 e. The lowest BCUT2D eigenvalue weighted by molar-refractivity contribution is -0.00395. The molecule has 0 aromatic heterocycles. The lowest BCUT2D eigenvalue weighted by atomic mass is 9.77. The first-order valence-electron chi connectivity index (χ1n) is 8.11. The third kappa shape index (κ3) is 3.71. The lowest BCUT2D eigenvalue weighted by Crippen LogP contribution is -2.48. The molecule has 0 aliphatic heterocycles. The molecular formula is C16H31NO. The molecule has 0 amide bonds. The van der Waals surface area contributed by atoms with E-state index in [2.05, 4.69) is 26.1 Å². The first-order chi connectivity index (χ1) is 8.76. The van der Waals surface area contributed by atoms with Crippen molar-refractivity contribution in [2.24, 2.45) is 17.8 Å². The molecule has 2 atom stereocenters. The zero-order chi connectivity index (χ0) is 13.0. The van der Waals surface area contributed by atoms with Gasteiger partial charge in [0.25, 0.3) is 0 Å². The highest BCUT2D eigenvalue weighted by molar-refractivity contribution is 4.94. The van der Waals surface area contributed by atoms with E-state index in [0.29, 0.717) is 12.1 Å². The number of nitrogens with one attached hydrogen (secondary N) is 1. The third-order valence-corrected chi connectivity index (χ3v) is 4.81. The molecular weight excluding hydrogens is 222 g/mol. The maximum Gasteiger partial charge on any atom is 0.0758 e. The Labute approximate surface area is 113 Å². The van der Waals surface area contributed by atoms with Crippen LogP contribution in [0.1, 0.15) is 59.3 Å². The van der Waals surface area contributed by atoms with Gasteiger partial charge in [0, 0.05) is 12.6 Å². The minimum Gasteiger partial charge on any atom is -0.377 e. The highest BCUT2D eigenvalue weighted by Gasteiger charge is 2.40. The molecule has 0 radical (unpaired) electrons. The summed E-state index contributed by atoms with van der Waals surface area (Å²) in [5.74, 6) is 2.63. The van der Waals surface area contributed by atoms with E-state index >= 15 is 0 Å². The molecule has 2 nitrogen and oxygen atoms in total. The molecule has 0 spiro atoms. The summed E-state index contributed by atoms with van der Waals surface area (Å²) < 4.78 is 6.10. The Morgan fingerprint density at radius 1 is 1.00 bits per heavy atom. The molecule has 2 heteroatoms. The van der Waals surface area contributed by atoms with E-state index < -0.39 is 0 Å². The van der Waals surface area contributed by atoms with E-state index in [1.807, 2.05) is 0 Å². The first kappa shape index (κ1) is 14.3. The molecule has 0 aromatic rings. The molecule has 2 rings (SSSR count). The van der Waals surface area contributed by atoms with Crippen LogP contribution in [0.15, 0.2) is 0 Å². The van der Waals surface area contributed by atoms with Crippen LogP contribution in [-0.4, -0.2) is 25.3 Å². The Morgan fingerprint density at radius 3 is 2.11 bits per heavy atom. The maximum atomic E-state index is 6.10. The van der Waals surface area contributed by atoms with Crippen molar-refractivity contribution in [2.75, 3.05) is 13.2 Å². The molecule has 2 aliphatic rings. The van der Waals surface area contributed by atoms with Crippen molar-refractivity contribution in [1.82, 2.24) is 5.32 Å². The Balaban J connectivity index is 1.96. The van der Waals surface area contributed by atoms with Crippen LogP contribution in [0.3, 0.4) is 0 Å². The molecule has 0 saturated heterocycles. The minimum absolute atomic E-state index is 0.480. The van der Waals surface area contributed by atoms with Crippen molar-refractivity contribution >= 4 is 0 Å². The van der Waals surface area contributed by atoms with Crippen LogP contribution in [0.4, 0.5) is 0 Å². The quantitative estimate of drug-likeness (QED) is 0.748. The largest absolute Gasteiger partial charge is 0.377 e. The van der Waals surface area contributed by atoms with E-state index in [4.69, 9.17) is 4.74 Å². The number of ether oxygens (including phenoxy) is 1. The van der Waals surface area contributed by atoms with E-state index in [1.165, 1.54) is 38.5 Å². The molecule has 18 heavy (non-hydrogen) atoms. The summed E-state index contributed by atoms with van der Waals surface area (Å²) in [5.41, 5.74) is 0. The van der Waals surface area contributed by atoms with E-state index in [1.54, 1.807) is 0 Å². The molecule has 1 N–H and O–H groups in total.